The SMILES string of the molecule is CC.COCOc1ccc(C(F)(F)F)c(Br)c1.COCOc1ccc(OC(F)(F)F)c(Br)c1. The highest BCUT2D eigenvalue weighted by Crippen LogP contribution is 2.36. The van der Waals surface area contributed by atoms with Crippen LogP contribution < -0.4 is 14.2 Å². The Kier molecular flexibility index (Phi) is 14.5. The first-order chi connectivity index (χ1) is 15.4. The molecule has 0 heterocycles. The first-order valence-electron chi connectivity index (χ1n) is 9.03. The van der Waals surface area contributed by atoms with Crippen molar-refractivity contribution in [3.63, 3.8) is 0 Å². The highest BCUT2D eigenvalue weighted by Gasteiger charge is 2.33. The number of halogens is 8. The lowest BCUT2D eigenvalue weighted by Crippen LogP contribution is -2.17. The van der Waals surface area contributed by atoms with Crippen molar-refractivity contribution in [2.24, 2.45) is 0 Å². The second kappa shape index (κ2) is 15.3. The molecular formula is C20H22Br2F6O5. The van der Waals surface area contributed by atoms with E-state index >= 15 is 0 Å². The molecule has 0 saturated heterocycles. The second-order valence-electron chi connectivity index (χ2n) is 5.38. The van der Waals surface area contributed by atoms with Gasteiger partial charge in [0, 0.05) is 18.7 Å². The molecule has 0 unspecified atom stereocenters. The number of rotatable bonds is 7. The summed E-state index contributed by atoms with van der Waals surface area (Å²) in [6, 6.07) is 7.32. The van der Waals surface area contributed by atoms with Gasteiger partial charge in [0.25, 0.3) is 0 Å². The van der Waals surface area contributed by atoms with E-state index in [0.717, 1.165) is 12.1 Å². The molecule has 0 amide bonds. The number of alkyl halides is 6. The third kappa shape index (κ3) is 12.9. The molecule has 0 N–H and O–H groups in total. The zero-order valence-corrected chi connectivity index (χ0v) is 21.1. The largest absolute Gasteiger partial charge is 0.573 e. The van der Waals surface area contributed by atoms with Crippen molar-refractivity contribution in [3.8, 4) is 17.2 Å². The van der Waals surface area contributed by atoms with E-state index in [2.05, 4.69) is 46.1 Å². The Morgan fingerprint density at radius 3 is 1.55 bits per heavy atom. The van der Waals surface area contributed by atoms with E-state index in [9.17, 15) is 26.3 Å². The lowest BCUT2D eigenvalue weighted by Gasteiger charge is -2.11. The summed E-state index contributed by atoms with van der Waals surface area (Å²) in [5.74, 6) is 0.372. The van der Waals surface area contributed by atoms with Crippen LogP contribution in [0.2, 0.25) is 0 Å². The molecular weight excluding hydrogens is 594 g/mol. The fourth-order valence-electron chi connectivity index (χ4n) is 1.85. The predicted octanol–water partition coefficient (Wildman–Crippen LogP) is 7.81. The monoisotopic (exact) mass is 614 g/mol. The summed E-state index contributed by atoms with van der Waals surface area (Å²) in [6.45, 7) is 4.02. The summed E-state index contributed by atoms with van der Waals surface area (Å²) in [5.41, 5.74) is -0.729. The van der Waals surface area contributed by atoms with Crippen molar-refractivity contribution < 1.29 is 50.0 Å². The van der Waals surface area contributed by atoms with Gasteiger partial charge in [-0.25, -0.2) is 0 Å². The van der Waals surface area contributed by atoms with E-state index < -0.39 is 18.1 Å². The van der Waals surface area contributed by atoms with Gasteiger partial charge in [0.05, 0.1) is 10.0 Å². The van der Waals surface area contributed by atoms with Gasteiger partial charge in [-0.05, 0) is 52.3 Å². The average molecular weight is 616 g/mol. The van der Waals surface area contributed by atoms with Crippen molar-refractivity contribution in [2.75, 3.05) is 27.8 Å². The third-order valence-corrected chi connectivity index (χ3v) is 4.34. The Morgan fingerprint density at radius 2 is 1.18 bits per heavy atom. The van der Waals surface area contributed by atoms with Crippen LogP contribution in [0.1, 0.15) is 19.4 Å². The fraction of sp³-hybridized carbons (Fsp3) is 0.400. The third-order valence-electron chi connectivity index (χ3n) is 3.06. The molecule has 0 aliphatic carbocycles. The van der Waals surface area contributed by atoms with Gasteiger partial charge in [-0.15, -0.1) is 13.2 Å². The maximum absolute atomic E-state index is 12.3. The molecule has 0 atom stereocenters. The van der Waals surface area contributed by atoms with Crippen LogP contribution in [-0.4, -0.2) is 34.2 Å². The lowest BCUT2D eigenvalue weighted by molar-refractivity contribution is -0.274. The molecule has 0 bridgehead atoms. The van der Waals surface area contributed by atoms with Crippen LogP contribution in [0.4, 0.5) is 26.3 Å². The summed E-state index contributed by atoms with van der Waals surface area (Å²) < 4.78 is 95.9. The van der Waals surface area contributed by atoms with Gasteiger partial charge in [-0.2, -0.15) is 13.2 Å². The number of benzene rings is 2. The van der Waals surface area contributed by atoms with E-state index in [0.29, 0.717) is 11.5 Å². The van der Waals surface area contributed by atoms with Crippen LogP contribution in [0, 0.1) is 0 Å². The van der Waals surface area contributed by atoms with E-state index in [-0.39, 0.29) is 28.3 Å². The highest BCUT2D eigenvalue weighted by molar-refractivity contribution is 9.10. The Bertz CT molecular complexity index is 832. The zero-order chi connectivity index (χ0) is 25.7. The quantitative estimate of drug-likeness (QED) is 0.235. The minimum atomic E-state index is -4.71. The van der Waals surface area contributed by atoms with E-state index in [1.54, 1.807) is 0 Å². The summed E-state index contributed by atoms with van der Waals surface area (Å²) >= 11 is 5.78. The molecule has 2 aromatic carbocycles. The smallest absolute Gasteiger partial charge is 0.468 e. The lowest BCUT2D eigenvalue weighted by atomic mass is 10.2. The Morgan fingerprint density at radius 1 is 0.727 bits per heavy atom. The number of hydrogen-bond donors (Lipinski definition) is 0. The molecule has 0 aromatic heterocycles. The van der Waals surface area contributed by atoms with Crippen molar-refractivity contribution >= 4 is 31.9 Å². The van der Waals surface area contributed by atoms with Crippen molar-refractivity contribution in [2.45, 2.75) is 26.4 Å². The van der Waals surface area contributed by atoms with Crippen LogP contribution in [0.5, 0.6) is 17.2 Å². The summed E-state index contributed by atoms with van der Waals surface area (Å²) in [4.78, 5) is 0. The molecule has 0 aliphatic heterocycles. The predicted molar refractivity (Wildman–Crippen MR) is 116 cm³/mol. The molecule has 0 aliphatic rings. The Hall–Kier alpha value is -1.70. The van der Waals surface area contributed by atoms with Gasteiger partial charge < -0.3 is 23.7 Å². The van der Waals surface area contributed by atoms with Gasteiger partial charge in [0.2, 0.25) is 0 Å². The first kappa shape index (κ1) is 31.3. The minimum Gasteiger partial charge on any atom is -0.468 e. The molecule has 0 radical (unpaired) electrons. The van der Waals surface area contributed by atoms with Gasteiger partial charge in [-0.3, -0.25) is 0 Å². The van der Waals surface area contributed by atoms with Gasteiger partial charge >= 0.3 is 12.5 Å². The van der Waals surface area contributed by atoms with E-state index in [1.807, 2.05) is 13.8 Å². The number of ether oxygens (including phenoxy) is 5. The molecule has 0 spiro atoms. The average Bonchev–Trinajstić information content (AvgIpc) is 2.72. The van der Waals surface area contributed by atoms with E-state index in [1.165, 1.54) is 38.5 Å². The fourth-order valence-corrected chi connectivity index (χ4v) is 2.87. The zero-order valence-electron chi connectivity index (χ0n) is 17.9. The van der Waals surface area contributed by atoms with Crippen LogP contribution >= 0.6 is 31.9 Å². The molecule has 33 heavy (non-hydrogen) atoms. The molecule has 2 rings (SSSR count). The maximum atomic E-state index is 12.3. The van der Waals surface area contributed by atoms with Crippen LogP contribution in [0.3, 0.4) is 0 Å². The second-order valence-corrected chi connectivity index (χ2v) is 7.09. The van der Waals surface area contributed by atoms with Crippen LogP contribution in [-0.2, 0) is 15.7 Å². The van der Waals surface area contributed by atoms with Gasteiger partial charge in [0.1, 0.15) is 17.2 Å². The maximum Gasteiger partial charge on any atom is 0.573 e. The van der Waals surface area contributed by atoms with Gasteiger partial charge in [-0.1, -0.05) is 29.8 Å². The number of hydrogen-bond acceptors (Lipinski definition) is 5. The number of methoxy groups -OCH3 is 2. The summed E-state index contributed by atoms with van der Waals surface area (Å²) in [7, 11) is 2.87. The first-order valence-corrected chi connectivity index (χ1v) is 10.6. The van der Waals surface area contributed by atoms with Crippen molar-refractivity contribution in [1.29, 1.82) is 0 Å². The summed E-state index contributed by atoms with van der Waals surface area (Å²) in [5, 5.41) is 0. The van der Waals surface area contributed by atoms with Crippen molar-refractivity contribution in [3.05, 3.63) is 50.9 Å². The molecule has 2 aromatic rings. The van der Waals surface area contributed by atoms with Crippen molar-refractivity contribution in [1.82, 2.24) is 0 Å². The topological polar surface area (TPSA) is 46.2 Å². The van der Waals surface area contributed by atoms with E-state index in [4.69, 9.17) is 9.47 Å². The Balaban J connectivity index is 0.000000578. The Labute approximate surface area is 204 Å². The molecule has 0 saturated carbocycles. The molecule has 13 heteroatoms. The van der Waals surface area contributed by atoms with Crippen LogP contribution in [0.25, 0.3) is 0 Å². The standard InChI is InChI=1S/C9H8BrF3O3.C9H8BrF3O2.C2H6/c1-14-5-15-6-2-3-8(7(10)4-6)16-9(11,12)13;1-14-5-15-6-2-3-7(8(10)4-6)9(11,12)13;1-2/h2-4H,5H2,1H3;2-4H,5H2,1H3;1-2H3. The summed E-state index contributed by atoms with van der Waals surface area (Å²) in [6.07, 6.45) is -9.07. The molecule has 5 nitrogen and oxygen atoms in total. The molecule has 0 fully saturated rings. The molecule has 188 valence electrons. The highest BCUT2D eigenvalue weighted by atomic mass is 79.9. The minimum absolute atomic E-state index is 0.00218. The van der Waals surface area contributed by atoms with Crippen LogP contribution in [0.15, 0.2) is 45.3 Å². The van der Waals surface area contributed by atoms with Gasteiger partial charge in [0.15, 0.2) is 13.6 Å². The normalized spacial score (nSPS) is 10.9.